The Morgan fingerprint density at radius 1 is 1.38 bits per heavy atom. The lowest BCUT2D eigenvalue weighted by molar-refractivity contribution is -0.118. The van der Waals surface area contributed by atoms with Gasteiger partial charge < -0.3 is 0 Å². The van der Waals surface area contributed by atoms with Crippen molar-refractivity contribution in [2.24, 2.45) is 5.41 Å². The van der Waals surface area contributed by atoms with Crippen molar-refractivity contribution in [1.82, 2.24) is 0 Å². The number of hydrogen-bond donors (Lipinski definition) is 0. The van der Waals surface area contributed by atoms with Crippen LogP contribution in [0.5, 0.6) is 0 Å². The van der Waals surface area contributed by atoms with Gasteiger partial charge in [0.1, 0.15) is 0 Å². The van der Waals surface area contributed by atoms with Crippen LogP contribution in [0.15, 0.2) is 0 Å². The highest BCUT2D eigenvalue weighted by atomic mass is 35.5. The molecule has 0 spiro atoms. The van der Waals surface area contributed by atoms with Crippen LogP contribution in [0.2, 0.25) is 0 Å². The summed E-state index contributed by atoms with van der Waals surface area (Å²) in [6.45, 7) is 5.34. The van der Waals surface area contributed by atoms with Gasteiger partial charge in [0.25, 0.3) is 0 Å². The van der Waals surface area contributed by atoms with Crippen molar-refractivity contribution in [3.05, 3.63) is 0 Å². The topological polar surface area (TPSA) is 17.1 Å². The van der Waals surface area contributed by atoms with Gasteiger partial charge in [0.05, 0.1) is 0 Å². The third-order valence-electron chi connectivity index (χ3n) is 0.590. The summed E-state index contributed by atoms with van der Waals surface area (Å²) in [4.78, 5) is 10.2. The quantitative estimate of drug-likeness (QED) is 0.468. The SMILES string of the molecule is C.CC(C)(C)C(=O)Cl. The highest BCUT2D eigenvalue weighted by Gasteiger charge is 2.17. The average molecular weight is 137 g/mol. The molecule has 0 fully saturated rings. The van der Waals surface area contributed by atoms with Crippen LogP contribution in [0.4, 0.5) is 0 Å². The molecule has 0 aliphatic rings. The van der Waals surface area contributed by atoms with Crippen LogP contribution in [-0.4, -0.2) is 5.24 Å². The lowest BCUT2D eigenvalue weighted by atomic mass is 10.00. The standard InChI is InChI=1S/C5H9ClO.CH4/c1-5(2,3)4(6)7;/h1-3H3;1H4. The molecule has 1 nitrogen and oxygen atoms in total. The second-order valence-corrected chi connectivity index (χ2v) is 2.87. The van der Waals surface area contributed by atoms with Crippen molar-refractivity contribution in [2.45, 2.75) is 28.2 Å². The van der Waals surface area contributed by atoms with Crippen LogP contribution in [0, 0.1) is 5.41 Å². The van der Waals surface area contributed by atoms with E-state index >= 15 is 0 Å². The van der Waals surface area contributed by atoms with E-state index in [4.69, 9.17) is 11.6 Å². The molecule has 0 rings (SSSR count). The Hall–Kier alpha value is -0.0400. The molecule has 0 aliphatic heterocycles. The van der Waals surface area contributed by atoms with Gasteiger partial charge in [-0.2, -0.15) is 0 Å². The summed E-state index contributed by atoms with van der Waals surface area (Å²) < 4.78 is 0. The Labute approximate surface area is 56.0 Å². The molecule has 0 unspecified atom stereocenters. The summed E-state index contributed by atoms with van der Waals surface area (Å²) in [6, 6.07) is 0. The minimum absolute atomic E-state index is 0. The molecule has 0 aliphatic carbocycles. The van der Waals surface area contributed by atoms with Gasteiger partial charge in [-0.1, -0.05) is 28.2 Å². The number of rotatable bonds is 0. The third kappa shape index (κ3) is 4.13. The molecular formula is C6H13ClO. The molecule has 8 heavy (non-hydrogen) atoms. The first kappa shape index (κ1) is 10.9. The van der Waals surface area contributed by atoms with Gasteiger partial charge in [-0.15, -0.1) is 0 Å². The summed E-state index contributed by atoms with van der Waals surface area (Å²) >= 11 is 5.11. The smallest absolute Gasteiger partial charge is 0.226 e. The zero-order valence-electron chi connectivity index (χ0n) is 4.79. The van der Waals surface area contributed by atoms with E-state index in [2.05, 4.69) is 0 Å². The molecule has 0 aromatic rings. The summed E-state index contributed by atoms with van der Waals surface area (Å²) in [7, 11) is 0. The Morgan fingerprint density at radius 2 is 1.50 bits per heavy atom. The summed E-state index contributed by atoms with van der Waals surface area (Å²) in [5.41, 5.74) is -0.373. The summed E-state index contributed by atoms with van der Waals surface area (Å²) in [6.07, 6.45) is 0. The average Bonchev–Trinajstić information content (AvgIpc) is 1.31. The van der Waals surface area contributed by atoms with Crippen molar-refractivity contribution in [1.29, 1.82) is 0 Å². The van der Waals surface area contributed by atoms with Crippen molar-refractivity contribution in [3.8, 4) is 0 Å². The Morgan fingerprint density at radius 3 is 1.50 bits per heavy atom. The van der Waals surface area contributed by atoms with Crippen LogP contribution in [0.1, 0.15) is 28.2 Å². The van der Waals surface area contributed by atoms with Crippen LogP contribution in [0.3, 0.4) is 0 Å². The number of halogens is 1. The van der Waals surface area contributed by atoms with E-state index in [0.717, 1.165) is 0 Å². The van der Waals surface area contributed by atoms with E-state index in [1.54, 1.807) is 20.8 Å². The molecule has 0 amide bonds. The fourth-order valence-corrected chi connectivity index (χ4v) is 0. The molecule has 0 N–H and O–H groups in total. The second kappa shape index (κ2) is 3.08. The highest BCUT2D eigenvalue weighted by Crippen LogP contribution is 2.15. The number of carbonyl (C=O) groups excluding carboxylic acids is 1. The zero-order valence-corrected chi connectivity index (χ0v) is 5.54. The number of carbonyl (C=O) groups is 1. The van der Waals surface area contributed by atoms with Crippen molar-refractivity contribution in [3.63, 3.8) is 0 Å². The van der Waals surface area contributed by atoms with Gasteiger partial charge in [-0.25, -0.2) is 0 Å². The van der Waals surface area contributed by atoms with E-state index < -0.39 is 0 Å². The second-order valence-electron chi connectivity index (χ2n) is 2.52. The van der Waals surface area contributed by atoms with E-state index in [0.29, 0.717) is 0 Å². The Kier molecular flexibility index (Phi) is 4.18. The summed E-state index contributed by atoms with van der Waals surface area (Å²) in [5.74, 6) is 0. The largest absolute Gasteiger partial charge is 0.281 e. The first-order valence-electron chi connectivity index (χ1n) is 2.14. The zero-order chi connectivity index (χ0) is 6.08. The fourth-order valence-electron chi connectivity index (χ4n) is 0. The lowest BCUT2D eigenvalue weighted by Gasteiger charge is -2.08. The van der Waals surface area contributed by atoms with Crippen molar-refractivity contribution in [2.75, 3.05) is 0 Å². The van der Waals surface area contributed by atoms with E-state index in [1.165, 1.54) is 0 Å². The lowest BCUT2D eigenvalue weighted by Crippen LogP contribution is -2.13. The first-order chi connectivity index (χ1) is 2.94. The molecule has 0 saturated carbocycles. The fraction of sp³-hybridized carbons (Fsp3) is 0.833. The Balaban J connectivity index is 0. The maximum Gasteiger partial charge on any atom is 0.226 e. The van der Waals surface area contributed by atoms with E-state index in [9.17, 15) is 4.79 Å². The molecule has 0 aromatic carbocycles. The third-order valence-corrected chi connectivity index (χ3v) is 1.16. The van der Waals surface area contributed by atoms with Gasteiger partial charge in [-0.05, 0) is 11.6 Å². The predicted molar refractivity (Wildman–Crippen MR) is 37.0 cm³/mol. The molecule has 0 heterocycles. The minimum Gasteiger partial charge on any atom is -0.281 e. The van der Waals surface area contributed by atoms with E-state index in [1.807, 2.05) is 0 Å². The minimum atomic E-state index is -0.373. The normalized spacial score (nSPS) is 10.0. The molecular weight excluding hydrogens is 124 g/mol. The maximum atomic E-state index is 10.2. The van der Waals surface area contributed by atoms with Gasteiger partial charge >= 0.3 is 0 Å². The molecule has 0 saturated heterocycles. The van der Waals surface area contributed by atoms with Gasteiger partial charge in [0, 0.05) is 5.41 Å². The summed E-state index contributed by atoms with van der Waals surface area (Å²) in [5, 5.41) is -0.285. The number of hydrogen-bond acceptors (Lipinski definition) is 1. The Bertz CT molecular complexity index is 81.0. The van der Waals surface area contributed by atoms with E-state index in [-0.39, 0.29) is 18.1 Å². The molecule has 0 aromatic heterocycles. The van der Waals surface area contributed by atoms with Crippen LogP contribution < -0.4 is 0 Å². The van der Waals surface area contributed by atoms with Crippen LogP contribution in [-0.2, 0) is 4.79 Å². The molecule has 2 heteroatoms. The monoisotopic (exact) mass is 136 g/mol. The molecule has 0 radical (unpaired) electrons. The molecule has 0 atom stereocenters. The van der Waals surface area contributed by atoms with Crippen LogP contribution in [0.25, 0.3) is 0 Å². The van der Waals surface area contributed by atoms with Gasteiger partial charge in [0.2, 0.25) is 5.24 Å². The molecule has 0 bridgehead atoms. The van der Waals surface area contributed by atoms with Gasteiger partial charge in [-0.3, -0.25) is 4.79 Å². The highest BCUT2D eigenvalue weighted by molar-refractivity contribution is 6.64. The van der Waals surface area contributed by atoms with Gasteiger partial charge in [0.15, 0.2) is 0 Å². The van der Waals surface area contributed by atoms with Crippen LogP contribution >= 0.6 is 11.6 Å². The predicted octanol–water partition coefficient (Wildman–Crippen LogP) is 2.43. The molecule has 50 valence electrons. The first-order valence-corrected chi connectivity index (χ1v) is 2.52. The maximum absolute atomic E-state index is 10.2. The van der Waals surface area contributed by atoms with Crippen molar-refractivity contribution < 1.29 is 4.79 Å². The van der Waals surface area contributed by atoms with Crippen molar-refractivity contribution >= 4 is 16.8 Å².